The number of rotatable bonds is 18. The van der Waals surface area contributed by atoms with Crippen LogP contribution in [0.1, 0.15) is 55.1 Å². The lowest BCUT2D eigenvalue weighted by molar-refractivity contribution is -0.0436. The van der Waals surface area contributed by atoms with Crippen molar-refractivity contribution in [1.82, 2.24) is 14.8 Å². The Morgan fingerprint density at radius 1 is 0.818 bits per heavy atom. The molecule has 0 spiro atoms. The second kappa shape index (κ2) is 22.9. The molecule has 5 N–H and O–H groups in total. The number of aliphatic hydroxyl groups excluding tert-OH is 1. The summed E-state index contributed by atoms with van der Waals surface area (Å²) in [5.74, 6) is 0.159. The largest absolute Gasteiger partial charge is 0.501 e. The Morgan fingerprint density at radius 3 is 2.10 bits per heavy atom. The van der Waals surface area contributed by atoms with E-state index in [9.17, 15) is 45.0 Å². The molecule has 1 aromatic heterocycles. The van der Waals surface area contributed by atoms with Crippen LogP contribution >= 0.6 is 23.4 Å². The number of thioether (sulfide) groups is 1. The summed E-state index contributed by atoms with van der Waals surface area (Å²) in [5, 5.41) is 27.2. The first-order valence-corrected chi connectivity index (χ1v) is 29.9. The van der Waals surface area contributed by atoms with Crippen molar-refractivity contribution in [1.29, 1.82) is 0 Å². The van der Waals surface area contributed by atoms with Crippen molar-refractivity contribution in [3.8, 4) is 22.4 Å². The van der Waals surface area contributed by atoms with Crippen LogP contribution in [0, 0.1) is 6.92 Å². The number of hydrogen-bond acceptors (Lipinski definition) is 12. The number of benzene rings is 5. The van der Waals surface area contributed by atoms with E-state index in [4.69, 9.17) is 11.6 Å². The van der Waals surface area contributed by atoms with Gasteiger partial charge in [0, 0.05) is 109 Å². The van der Waals surface area contributed by atoms with E-state index in [0.29, 0.717) is 100 Å². The lowest BCUT2D eigenvalue weighted by Gasteiger charge is -2.41. The van der Waals surface area contributed by atoms with E-state index in [0.717, 1.165) is 56.5 Å². The van der Waals surface area contributed by atoms with Crippen molar-refractivity contribution in [2.24, 2.45) is 7.05 Å². The first-order valence-electron chi connectivity index (χ1n) is 25.6. The normalized spacial score (nSPS) is 19.2. The minimum absolute atomic E-state index is 0.122. The summed E-state index contributed by atoms with van der Waals surface area (Å²) in [5.41, 5.74) is -0.245. The Morgan fingerprint density at radius 2 is 1.47 bits per heavy atom. The van der Waals surface area contributed by atoms with E-state index in [1.54, 1.807) is 31.2 Å². The van der Waals surface area contributed by atoms with Crippen LogP contribution < -0.4 is 25.2 Å². The van der Waals surface area contributed by atoms with Crippen molar-refractivity contribution >= 4 is 71.9 Å². The van der Waals surface area contributed by atoms with Gasteiger partial charge in [-0.05, 0) is 136 Å². The SMILES string of the molecule is Cc1c(C(=O)N[C@H]2C[C@@](C)(O)C2)c(-c2cccc(N3CCN(c4ccc(NS(=O)(=O)c5ccc(N[C@H](CCN6CCC(O)CC6)CSc6ccccc6)c(S(=O)(=O)C(F)(F)F)c5)cc4)CC3)c2)c(-c2ccc(Cl)cc2)n1C. The van der Waals surface area contributed by atoms with Gasteiger partial charge >= 0.3 is 5.51 Å². The van der Waals surface area contributed by atoms with Crippen LogP contribution in [0.15, 0.2) is 136 Å². The molecule has 14 nitrogen and oxygen atoms in total. The third-order valence-corrected chi connectivity index (χ3v) is 19.1. The van der Waals surface area contributed by atoms with Gasteiger partial charge in [-0.25, -0.2) is 16.8 Å². The molecule has 0 bridgehead atoms. The van der Waals surface area contributed by atoms with Gasteiger partial charge in [0.25, 0.3) is 25.8 Å². The van der Waals surface area contributed by atoms with E-state index in [-0.39, 0.29) is 23.3 Å². The van der Waals surface area contributed by atoms with Crippen molar-refractivity contribution in [3.63, 3.8) is 0 Å². The number of sulfone groups is 1. The molecule has 6 aromatic rings. The summed E-state index contributed by atoms with van der Waals surface area (Å²) < 4.78 is 102. The van der Waals surface area contributed by atoms with Crippen LogP contribution in [-0.4, -0.2) is 123 Å². The number of hydrogen-bond donors (Lipinski definition) is 5. The average molecular weight is 1130 g/mol. The molecule has 2 aliphatic heterocycles. The molecule has 3 aliphatic rings. The molecule has 1 aliphatic carbocycles. The number of aliphatic hydroxyl groups is 2. The number of alkyl halides is 3. The van der Waals surface area contributed by atoms with Gasteiger partial charge in [-0.3, -0.25) is 9.52 Å². The number of sulfonamides is 1. The smallest absolute Gasteiger partial charge is 0.393 e. The predicted molar refractivity (Wildman–Crippen MR) is 299 cm³/mol. The Labute approximate surface area is 457 Å². The third kappa shape index (κ3) is 12.9. The molecule has 410 valence electrons. The molecule has 21 heteroatoms. The van der Waals surface area contributed by atoms with Crippen LogP contribution in [-0.2, 0) is 26.9 Å². The van der Waals surface area contributed by atoms with Gasteiger partial charge in [-0.15, -0.1) is 11.8 Å². The summed E-state index contributed by atoms with van der Waals surface area (Å²) in [6.45, 7) is 8.02. The second-order valence-corrected chi connectivity index (χ2v) is 25.6. The Kier molecular flexibility index (Phi) is 16.7. The molecule has 1 amide bonds. The number of anilines is 4. The van der Waals surface area contributed by atoms with E-state index in [1.807, 2.05) is 91.3 Å². The summed E-state index contributed by atoms with van der Waals surface area (Å²) in [6, 6.07) is 33.7. The fraction of sp³-hybridized carbons (Fsp3) is 0.375. The summed E-state index contributed by atoms with van der Waals surface area (Å²) >= 11 is 7.75. The number of amides is 1. The van der Waals surface area contributed by atoms with Crippen molar-refractivity contribution in [2.45, 2.75) is 89.9 Å². The number of aromatic nitrogens is 1. The highest BCUT2D eigenvalue weighted by Gasteiger charge is 2.48. The number of carbonyl (C=O) groups excluding carboxylic acids is 1. The summed E-state index contributed by atoms with van der Waals surface area (Å²) in [4.78, 5) is 19.7. The first-order chi connectivity index (χ1) is 36.5. The minimum Gasteiger partial charge on any atom is -0.393 e. The lowest BCUT2D eigenvalue weighted by atomic mass is 9.77. The standard InChI is InChI=1S/C56H63ClF3N7O7S3/c1-37-51(54(69)62-43-34-55(2,70)35-43)52(53(64(37)3)38-12-14-40(57)15-13-38)39-8-7-9-45(32-39)67-30-28-66(29-31-67)44-18-16-41(17-19-44)63-77(73,74)48-20-21-49(50(33-48)76(71,72)56(58,59)60)61-42(36-75-47-10-5-4-6-11-47)22-25-65-26-23-46(68)24-27-65/h4-21,32-33,42-43,46,61,63,68,70H,22-31,34-36H2,1-3H3,(H,62,69)/t42-,43-,55+/m1/s1. The minimum atomic E-state index is -6.03. The molecule has 1 atom stereocenters. The maximum absolute atomic E-state index is 14.3. The van der Waals surface area contributed by atoms with Crippen molar-refractivity contribution < 1.29 is 45.0 Å². The average Bonchev–Trinajstić information content (AvgIpc) is 3.66. The van der Waals surface area contributed by atoms with Gasteiger partial charge in [-0.2, -0.15) is 13.2 Å². The van der Waals surface area contributed by atoms with Crippen molar-refractivity contribution in [2.75, 3.05) is 71.4 Å². The fourth-order valence-electron chi connectivity index (χ4n) is 10.5. The molecule has 0 unspecified atom stereocenters. The molecule has 3 fully saturated rings. The number of likely N-dealkylation sites (tertiary alicyclic amines) is 1. The number of nitrogens with zero attached hydrogens (tertiary/aromatic N) is 4. The fourth-order valence-corrected chi connectivity index (χ4v) is 13.7. The molecule has 2 saturated heterocycles. The Hall–Kier alpha value is -5.74. The van der Waals surface area contributed by atoms with Crippen molar-refractivity contribution in [3.05, 3.63) is 138 Å². The predicted octanol–water partition coefficient (Wildman–Crippen LogP) is 9.80. The zero-order chi connectivity index (χ0) is 54.9. The zero-order valence-corrected chi connectivity index (χ0v) is 46.1. The second-order valence-electron chi connectivity index (χ2n) is 20.4. The molecule has 9 rings (SSSR count). The van der Waals surface area contributed by atoms with Gasteiger partial charge in [0.15, 0.2) is 0 Å². The van der Waals surface area contributed by atoms with Gasteiger partial charge < -0.3 is 40.1 Å². The molecule has 5 aromatic carbocycles. The van der Waals surface area contributed by atoms with Crippen LogP contribution in [0.3, 0.4) is 0 Å². The highest BCUT2D eigenvalue weighted by molar-refractivity contribution is 7.99. The first kappa shape index (κ1) is 56.0. The van der Waals surface area contributed by atoms with E-state index >= 15 is 0 Å². The molecule has 0 radical (unpaired) electrons. The van der Waals surface area contributed by atoms with Crippen LogP contribution in [0.25, 0.3) is 22.4 Å². The molecule has 3 heterocycles. The van der Waals surface area contributed by atoms with E-state index in [1.165, 1.54) is 11.8 Å². The van der Waals surface area contributed by atoms with Crippen LogP contribution in [0.5, 0.6) is 0 Å². The molecular formula is C56H63ClF3N7O7S3. The third-order valence-electron chi connectivity index (χ3n) is 14.8. The van der Waals surface area contributed by atoms with Crippen LogP contribution in [0.4, 0.5) is 35.9 Å². The van der Waals surface area contributed by atoms with Gasteiger partial charge in [0.2, 0.25) is 0 Å². The number of halogens is 4. The maximum atomic E-state index is 14.3. The molecule has 1 saturated carbocycles. The number of nitrogens with one attached hydrogen (secondary N) is 3. The monoisotopic (exact) mass is 1130 g/mol. The Bertz CT molecular complexity index is 3290. The summed E-state index contributed by atoms with van der Waals surface area (Å²) in [6.07, 6.45) is 2.18. The van der Waals surface area contributed by atoms with Gasteiger partial charge in [0.05, 0.1) is 33.5 Å². The highest BCUT2D eigenvalue weighted by Crippen LogP contribution is 2.42. The zero-order valence-electron chi connectivity index (χ0n) is 42.9. The highest BCUT2D eigenvalue weighted by atomic mass is 35.5. The Balaban J connectivity index is 0.890. The number of piperazine rings is 1. The van der Waals surface area contributed by atoms with Gasteiger partial charge in [0.1, 0.15) is 4.90 Å². The number of carbonyl (C=O) groups is 1. The lowest BCUT2D eigenvalue weighted by Crippen LogP contribution is -2.53. The van der Waals surface area contributed by atoms with Gasteiger partial charge in [-0.1, -0.05) is 54.1 Å². The van der Waals surface area contributed by atoms with E-state index < -0.39 is 52.9 Å². The quantitative estimate of drug-likeness (QED) is 0.0516. The summed E-state index contributed by atoms with van der Waals surface area (Å²) in [7, 11) is -8.69. The molecule has 77 heavy (non-hydrogen) atoms. The maximum Gasteiger partial charge on any atom is 0.501 e. The van der Waals surface area contributed by atoms with Crippen LogP contribution in [0.2, 0.25) is 5.02 Å². The molecular weight excluding hydrogens is 1070 g/mol. The topological polar surface area (TPSA) is 177 Å². The van der Waals surface area contributed by atoms with E-state index in [2.05, 4.69) is 36.1 Å². The number of piperidine rings is 1.